The minimum Gasteiger partial charge on any atom is -0.458 e. The number of nitrogens with zero attached hydrogens (tertiary/aromatic N) is 3. The first kappa shape index (κ1) is 51.2. The maximum absolute atomic E-state index is 7.74. The van der Waals surface area contributed by atoms with Gasteiger partial charge in [-0.25, -0.2) is 0 Å². The van der Waals surface area contributed by atoms with Gasteiger partial charge in [-0.2, -0.15) is 0 Å². The lowest BCUT2D eigenvalue weighted by atomic mass is 9.34. The van der Waals surface area contributed by atoms with E-state index in [1.807, 2.05) is 0 Å². The number of aromatic nitrogens is 2. The Morgan fingerprint density at radius 3 is 1.14 bits per heavy atom. The van der Waals surface area contributed by atoms with Gasteiger partial charge in [0.25, 0.3) is 6.71 Å². The third kappa shape index (κ3) is 7.84. The number of ether oxygens (including phenoxy) is 1. The van der Waals surface area contributed by atoms with Crippen LogP contribution in [0.25, 0.3) is 132 Å². The van der Waals surface area contributed by atoms with Crippen LogP contribution < -0.4 is 26.0 Å². The molecule has 2 aliphatic heterocycles. The van der Waals surface area contributed by atoms with Crippen molar-refractivity contribution in [3.8, 4) is 78.5 Å². The highest BCUT2D eigenvalue weighted by molar-refractivity contribution is 6.99. The molecule has 0 N–H and O–H groups in total. The second-order valence-electron chi connectivity index (χ2n) is 24.2. The molecular formula is C86H54BN3O. The first-order valence-corrected chi connectivity index (χ1v) is 31.4. The predicted molar refractivity (Wildman–Crippen MR) is 383 cm³/mol. The Balaban J connectivity index is 0.961. The third-order valence-electron chi connectivity index (χ3n) is 19.3. The second kappa shape index (κ2) is 20.3. The van der Waals surface area contributed by atoms with Crippen LogP contribution in [0, 0.1) is 0 Å². The molecule has 0 aliphatic carbocycles. The molecule has 0 amide bonds. The Labute approximate surface area is 527 Å². The molecule has 0 radical (unpaired) electrons. The van der Waals surface area contributed by atoms with Crippen molar-refractivity contribution in [3.05, 3.63) is 328 Å². The molecule has 5 heteroatoms. The van der Waals surface area contributed by atoms with Gasteiger partial charge in [0.05, 0.1) is 33.4 Å². The molecule has 4 nitrogen and oxygen atoms in total. The topological polar surface area (TPSA) is 22.3 Å². The Hall–Kier alpha value is -11.9. The molecule has 0 saturated heterocycles. The molecule has 0 saturated carbocycles. The lowest BCUT2D eigenvalue weighted by molar-refractivity contribution is 0.487. The quantitative estimate of drug-likeness (QED) is 0.112. The summed E-state index contributed by atoms with van der Waals surface area (Å²) in [6.07, 6.45) is 0. The van der Waals surface area contributed by atoms with Crippen molar-refractivity contribution in [1.82, 2.24) is 9.13 Å². The van der Waals surface area contributed by atoms with E-state index in [0.29, 0.717) is 0 Å². The normalized spacial score (nSPS) is 12.4. The molecule has 0 atom stereocenters. The van der Waals surface area contributed by atoms with Crippen molar-refractivity contribution < 1.29 is 4.74 Å². The summed E-state index contributed by atoms with van der Waals surface area (Å²) in [6, 6.07) is 121. The van der Waals surface area contributed by atoms with Gasteiger partial charge in [-0.1, -0.05) is 261 Å². The fourth-order valence-electron chi connectivity index (χ4n) is 15.5. The van der Waals surface area contributed by atoms with Gasteiger partial charge >= 0.3 is 0 Å². The standard InChI is InChI=1S/C86H54BN3O/c1-5-25-55(26-6-1)60-49-71(56-27-7-2-8-28-56)86(72(50-60)57-29-9-3-10-30-57)90-79-51-59(84-69-39-15-13-37-67(69)83(58-31-11-4-12-32-58)68-38-14-16-40-70(68)84)45-47-73(79)87-74-48-46-61(88-75-41-21-17-33-63(75)64-34-18-22-42-76(64)88)53-81(74)91-82-54-62(52-80(90)85(82)87)89-77-43-23-19-35-65(77)66-36-20-24-44-78(66)89/h1-54H. The van der Waals surface area contributed by atoms with Gasteiger partial charge in [-0.3, -0.25) is 0 Å². The second-order valence-corrected chi connectivity index (χ2v) is 24.2. The van der Waals surface area contributed by atoms with Crippen LogP contribution in [0.1, 0.15) is 0 Å². The van der Waals surface area contributed by atoms with E-state index in [0.717, 1.165) is 112 Å². The SMILES string of the molecule is c1ccc(-c2cc(-c3ccccc3)c(N3c4cc(-c5c6ccccc6c(-c6ccccc6)c6ccccc56)ccc4B4c5ccc(-n6c7ccccc7c7ccccc76)cc5Oc5cc(-n6c7ccccc7c7ccccc76)cc3c54)c(-c3ccccc3)c2)cc1. The average Bonchev–Trinajstić information content (AvgIpc) is 0.913. The maximum Gasteiger partial charge on any atom is 0.256 e. The van der Waals surface area contributed by atoms with E-state index in [1.54, 1.807) is 0 Å². The predicted octanol–water partition coefficient (Wildman–Crippen LogP) is 20.9. The van der Waals surface area contributed by atoms with E-state index >= 15 is 0 Å². The van der Waals surface area contributed by atoms with E-state index in [2.05, 4.69) is 342 Å². The average molecular weight is 1160 g/mol. The molecule has 19 rings (SSSR count). The van der Waals surface area contributed by atoms with Crippen molar-refractivity contribution in [2.75, 3.05) is 4.90 Å². The summed E-state index contributed by atoms with van der Waals surface area (Å²) < 4.78 is 12.6. The highest BCUT2D eigenvalue weighted by atomic mass is 16.5. The van der Waals surface area contributed by atoms with Gasteiger partial charge in [0.15, 0.2) is 0 Å². The van der Waals surface area contributed by atoms with Crippen LogP contribution in [0.15, 0.2) is 328 Å². The van der Waals surface area contributed by atoms with Crippen molar-refractivity contribution >= 4 is 105 Å². The Morgan fingerprint density at radius 1 is 0.253 bits per heavy atom. The summed E-state index contributed by atoms with van der Waals surface area (Å²) in [4.78, 5) is 2.63. The van der Waals surface area contributed by atoms with Gasteiger partial charge in [0.2, 0.25) is 0 Å². The highest BCUT2D eigenvalue weighted by Gasteiger charge is 2.44. The van der Waals surface area contributed by atoms with E-state index in [-0.39, 0.29) is 6.71 Å². The third-order valence-corrected chi connectivity index (χ3v) is 19.3. The number of hydrogen-bond donors (Lipinski definition) is 0. The van der Waals surface area contributed by atoms with Crippen LogP contribution in [-0.2, 0) is 0 Å². The fourth-order valence-corrected chi connectivity index (χ4v) is 15.5. The molecule has 0 fully saturated rings. The number of fused-ring (bicyclic) bond motifs is 12. The van der Waals surface area contributed by atoms with Crippen LogP contribution in [0.2, 0.25) is 0 Å². The summed E-state index contributed by atoms with van der Waals surface area (Å²) in [5, 5.41) is 9.67. The lowest BCUT2D eigenvalue weighted by Gasteiger charge is -2.42. The van der Waals surface area contributed by atoms with E-state index in [1.165, 1.54) is 65.2 Å². The van der Waals surface area contributed by atoms with E-state index in [9.17, 15) is 0 Å². The first-order chi connectivity index (χ1) is 45.2. The first-order valence-electron chi connectivity index (χ1n) is 31.4. The van der Waals surface area contributed by atoms with Gasteiger partial charge in [-0.05, 0) is 137 Å². The number of anilines is 3. The summed E-state index contributed by atoms with van der Waals surface area (Å²) >= 11 is 0. The van der Waals surface area contributed by atoms with Crippen molar-refractivity contribution in [2.24, 2.45) is 0 Å². The molecule has 2 aromatic heterocycles. The van der Waals surface area contributed by atoms with Crippen molar-refractivity contribution in [2.45, 2.75) is 0 Å². The van der Waals surface area contributed by atoms with Crippen molar-refractivity contribution in [3.63, 3.8) is 0 Å². The largest absolute Gasteiger partial charge is 0.458 e. The molecule has 2 aliphatic rings. The molecule has 0 unspecified atom stereocenters. The zero-order valence-electron chi connectivity index (χ0n) is 49.5. The zero-order chi connectivity index (χ0) is 59.7. The summed E-state index contributed by atoms with van der Waals surface area (Å²) in [6.45, 7) is -0.230. The molecule has 422 valence electrons. The molecule has 17 aromatic rings. The number of benzene rings is 15. The maximum atomic E-state index is 7.74. The zero-order valence-corrected chi connectivity index (χ0v) is 49.5. The Kier molecular flexibility index (Phi) is 11.4. The molecule has 91 heavy (non-hydrogen) atoms. The van der Waals surface area contributed by atoms with E-state index in [4.69, 9.17) is 4.74 Å². The highest BCUT2D eigenvalue weighted by Crippen LogP contribution is 2.53. The summed E-state index contributed by atoms with van der Waals surface area (Å²) in [5.41, 5.74) is 24.8. The summed E-state index contributed by atoms with van der Waals surface area (Å²) in [7, 11) is 0. The fraction of sp³-hybridized carbons (Fsp3) is 0. The number of para-hydroxylation sites is 4. The lowest BCUT2D eigenvalue weighted by Crippen LogP contribution is -2.59. The molecule has 0 bridgehead atoms. The minimum absolute atomic E-state index is 0.230. The van der Waals surface area contributed by atoms with E-state index < -0.39 is 0 Å². The van der Waals surface area contributed by atoms with Crippen LogP contribution in [-0.4, -0.2) is 15.8 Å². The smallest absolute Gasteiger partial charge is 0.256 e. The van der Waals surface area contributed by atoms with Crippen LogP contribution >= 0.6 is 0 Å². The molecule has 4 heterocycles. The Bertz CT molecular complexity index is 5590. The van der Waals surface area contributed by atoms with Crippen molar-refractivity contribution in [1.29, 1.82) is 0 Å². The van der Waals surface area contributed by atoms with Gasteiger partial charge in [0, 0.05) is 61.9 Å². The molecular weight excluding hydrogens is 1100 g/mol. The van der Waals surface area contributed by atoms with Gasteiger partial charge < -0.3 is 18.8 Å². The van der Waals surface area contributed by atoms with Crippen LogP contribution in [0.3, 0.4) is 0 Å². The summed E-state index contributed by atoms with van der Waals surface area (Å²) in [5.74, 6) is 1.66. The number of rotatable bonds is 8. The van der Waals surface area contributed by atoms with Gasteiger partial charge in [0.1, 0.15) is 11.5 Å². The van der Waals surface area contributed by atoms with Crippen LogP contribution in [0.5, 0.6) is 11.5 Å². The Morgan fingerprint density at radius 2 is 0.648 bits per heavy atom. The monoisotopic (exact) mass is 1160 g/mol. The van der Waals surface area contributed by atoms with Crippen LogP contribution in [0.4, 0.5) is 17.1 Å². The minimum atomic E-state index is -0.230. The molecule has 0 spiro atoms. The molecule has 15 aromatic carbocycles. The number of hydrogen-bond acceptors (Lipinski definition) is 2. The van der Waals surface area contributed by atoms with Gasteiger partial charge in [-0.15, -0.1) is 0 Å².